The van der Waals surface area contributed by atoms with E-state index in [2.05, 4.69) is 33.4 Å². The van der Waals surface area contributed by atoms with Gasteiger partial charge in [0.25, 0.3) is 0 Å². The smallest absolute Gasteiger partial charge is 0.0143 e. The van der Waals surface area contributed by atoms with Gasteiger partial charge in [-0.3, -0.25) is 0 Å². The summed E-state index contributed by atoms with van der Waals surface area (Å²) in [7, 11) is 0. The van der Waals surface area contributed by atoms with Crippen LogP contribution in [-0.4, -0.2) is 0 Å². The molecule has 1 aliphatic rings. The van der Waals surface area contributed by atoms with Crippen LogP contribution in [-0.2, 0) is 0 Å². The van der Waals surface area contributed by atoms with Gasteiger partial charge in [-0.15, -0.1) is 0 Å². The Bertz CT molecular complexity index is 210. The average Bonchev–Trinajstić information content (AvgIpc) is 2.04. The molecule has 2 atom stereocenters. The molecule has 0 amide bonds. The van der Waals surface area contributed by atoms with Crippen LogP contribution in [0.4, 0.5) is 0 Å². The van der Waals surface area contributed by atoms with E-state index in [1.807, 2.05) is 0 Å². The van der Waals surface area contributed by atoms with Gasteiger partial charge in [0.15, 0.2) is 0 Å². The lowest BCUT2D eigenvalue weighted by Crippen LogP contribution is -2.18. The van der Waals surface area contributed by atoms with E-state index in [4.69, 9.17) is 0 Å². The molecule has 0 saturated heterocycles. The van der Waals surface area contributed by atoms with Gasteiger partial charge < -0.3 is 0 Å². The molecule has 1 unspecified atom stereocenters. The fourth-order valence-electron chi connectivity index (χ4n) is 2.39. The summed E-state index contributed by atoms with van der Waals surface area (Å²) in [5.74, 6) is 1.53. The first-order valence-corrected chi connectivity index (χ1v) is 5.47. The summed E-state index contributed by atoms with van der Waals surface area (Å²) < 4.78 is 0. The first-order valence-electron chi connectivity index (χ1n) is 5.47. The van der Waals surface area contributed by atoms with Crippen molar-refractivity contribution in [1.82, 2.24) is 0 Å². The molecule has 0 aromatic carbocycles. The topological polar surface area (TPSA) is 0 Å². The van der Waals surface area contributed by atoms with Crippen molar-refractivity contribution in [2.24, 2.45) is 11.8 Å². The zero-order valence-electron chi connectivity index (χ0n) is 9.27. The largest absolute Gasteiger partial charge is 0.0998 e. The molecule has 0 N–H and O–H groups in total. The van der Waals surface area contributed by atoms with Gasteiger partial charge >= 0.3 is 0 Å². The van der Waals surface area contributed by atoms with Crippen molar-refractivity contribution in [3.05, 3.63) is 23.8 Å². The van der Waals surface area contributed by atoms with Crippen LogP contribution >= 0.6 is 0 Å². The summed E-state index contributed by atoms with van der Waals surface area (Å²) in [5.41, 5.74) is 2.96. The lowest BCUT2D eigenvalue weighted by atomic mass is 9.76. The molecule has 74 valence electrons. The molecule has 0 fully saturated rings. The highest BCUT2D eigenvalue weighted by Gasteiger charge is 2.22. The van der Waals surface area contributed by atoms with Gasteiger partial charge in [-0.25, -0.2) is 0 Å². The van der Waals surface area contributed by atoms with Crippen LogP contribution in [0.5, 0.6) is 0 Å². The second-order valence-electron chi connectivity index (χ2n) is 4.46. The lowest BCUT2D eigenvalue weighted by molar-refractivity contribution is 0.377. The summed E-state index contributed by atoms with van der Waals surface area (Å²) in [6.07, 6.45) is 7.69. The van der Waals surface area contributed by atoms with Crippen LogP contribution in [0.3, 0.4) is 0 Å². The zero-order valence-corrected chi connectivity index (χ0v) is 9.27. The van der Waals surface area contributed by atoms with Crippen LogP contribution in [0.15, 0.2) is 23.8 Å². The van der Waals surface area contributed by atoms with E-state index in [9.17, 15) is 0 Å². The zero-order chi connectivity index (χ0) is 9.84. The molecule has 0 saturated carbocycles. The van der Waals surface area contributed by atoms with Crippen LogP contribution in [0.25, 0.3) is 0 Å². The molecule has 0 bridgehead atoms. The Kier molecular flexibility index (Phi) is 3.77. The fraction of sp³-hybridized carbons (Fsp3) is 0.692. The molecule has 13 heavy (non-hydrogen) atoms. The van der Waals surface area contributed by atoms with Gasteiger partial charge in [0.2, 0.25) is 0 Å². The van der Waals surface area contributed by atoms with E-state index >= 15 is 0 Å². The second kappa shape index (κ2) is 4.64. The van der Waals surface area contributed by atoms with Crippen molar-refractivity contribution in [1.29, 1.82) is 0 Å². The van der Waals surface area contributed by atoms with Crippen molar-refractivity contribution in [3.63, 3.8) is 0 Å². The van der Waals surface area contributed by atoms with Crippen LogP contribution in [0, 0.1) is 11.8 Å². The Morgan fingerprint density at radius 1 is 1.62 bits per heavy atom. The monoisotopic (exact) mass is 178 g/mol. The van der Waals surface area contributed by atoms with Crippen molar-refractivity contribution in [2.75, 3.05) is 0 Å². The quantitative estimate of drug-likeness (QED) is 0.564. The summed E-state index contributed by atoms with van der Waals surface area (Å²) >= 11 is 0. The Morgan fingerprint density at radius 2 is 2.31 bits per heavy atom. The highest BCUT2D eigenvalue weighted by atomic mass is 14.3. The Balaban J connectivity index is 2.69. The lowest BCUT2D eigenvalue weighted by Gasteiger charge is -2.29. The summed E-state index contributed by atoms with van der Waals surface area (Å²) in [6, 6.07) is 0. The minimum atomic E-state index is 0.753. The van der Waals surface area contributed by atoms with Gasteiger partial charge in [-0.1, -0.05) is 37.1 Å². The summed E-state index contributed by atoms with van der Waals surface area (Å²) in [4.78, 5) is 0. The fourth-order valence-corrected chi connectivity index (χ4v) is 2.39. The number of allylic oxidation sites excluding steroid dienone is 3. The summed E-state index contributed by atoms with van der Waals surface area (Å²) in [5, 5.41) is 0. The normalized spacial score (nSPS) is 28.4. The minimum Gasteiger partial charge on any atom is -0.0998 e. The molecule has 0 aliphatic heterocycles. The molecule has 0 heterocycles. The van der Waals surface area contributed by atoms with E-state index in [-0.39, 0.29) is 0 Å². The van der Waals surface area contributed by atoms with E-state index in [0.29, 0.717) is 0 Å². The van der Waals surface area contributed by atoms with Crippen LogP contribution in [0.1, 0.15) is 46.5 Å². The maximum absolute atomic E-state index is 4.11. The van der Waals surface area contributed by atoms with Gasteiger partial charge in [0, 0.05) is 0 Å². The van der Waals surface area contributed by atoms with Gasteiger partial charge in [-0.2, -0.15) is 0 Å². The van der Waals surface area contributed by atoms with Crippen LogP contribution < -0.4 is 0 Å². The van der Waals surface area contributed by atoms with Gasteiger partial charge in [0.1, 0.15) is 0 Å². The van der Waals surface area contributed by atoms with E-state index in [0.717, 1.165) is 11.8 Å². The predicted molar refractivity (Wildman–Crippen MR) is 59.7 cm³/mol. The third kappa shape index (κ3) is 2.72. The maximum atomic E-state index is 4.11. The van der Waals surface area contributed by atoms with Gasteiger partial charge in [-0.05, 0) is 44.9 Å². The molecule has 0 radical (unpaired) electrons. The Labute approximate surface area is 82.7 Å². The van der Waals surface area contributed by atoms with Gasteiger partial charge in [0.05, 0.1) is 0 Å². The molecule has 0 heteroatoms. The molecule has 0 spiro atoms. The third-order valence-corrected chi connectivity index (χ3v) is 3.12. The molecule has 1 rings (SSSR count). The van der Waals surface area contributed by atoms with Crippen molar-refractivity contribution in [2.45, 2.75) is 46.5 Å². The predicted octanol–water partition coefficient (Wildman–Crippen LogP) is 4.34. The Hall–Kier alpha value is -0.520. The van der Waals surface area contributed by atoms with E-state index < -0.39 is 0 Å². The molecule has 0 aromatic rings. The number of hydrogen-bond donors (Lipinski definition) is 0. The molecule has 1 aliphatic carbocycles. The first kappa shape index (κ1) is 10.6. The van der Waals surface area contributed by atoms with E-state index in [1.54, 1.807) is 5.57 Å². The van der Waals surface area contributed by atoms with Crippen LogP contribution in [0.2, 0.25) is 0 Å². The molecular weight excluding hydrogens is 156 g/mol. The maximum Gasteiger partial charge on any atom is -0.0143 e. The highest BCUT2D eigenvalue weighted by molar-refractivity contribution is 5.13. The number of hydrogen-bond acceptors (Lipinski definition) is 0. The number of rotatable bonds is 3. The minimum absolute atomic E-state index is 0.753. The third-order valence-electron chi connectivity index (χ3n) is 3.12. The first-order chi connectivity index (χ1) is 6.15. The second-order valence-corrected chi connectivity index (χ2v) is 4.46. The molecular formula is C13H22. The van der Waals surface area contributed by atoms with Crippen molar-refractivity contribution >= 4 is 0 Å². The SMILES string of the molecule is C=C(C)[C@@H]1CCC(C)=CC1CCC. The summed E-state index contributed by atoms with van der Waals surface area (Å²) in [6.45, 7) is 10.8. The van der Waals surface area contributed by atoms with Crippen molar-refractivity contribution in [3.8, 4) is 0 Å². The van der Waals surface area contributed by atoms with Crippen molar-refractivity contribution < 1.29 is 0 Å². The van der Waals surface area contributed by atoms with E-state index in [1.165, 1.54) is 31.3 Å². The Morgan fingerprint density at radius 3 is 2.85 bits per heavy atom. The average molecular weight is 178 g/mol. The molecule has 0 nitrogen and oxygen atoms in total. The standard InChI is InChI=1S/C13H22/c1-5-6-12-9-11(4)7-8-13(12)10(2)3/h9,12-13H,2,5-8H2,1,3-4H3/t12?,13-/m0/s1. The highest BCUT2D eigenvalue weighted by Crippen LogP contribution is 2.35. The molecule has 0 aromatic heterocycles.